The Morgan fingerprint density at radius 1 is 0.552 bits per heavy atom. The van der Waals surface area contributed by atoms with Crippen LogP contribution in [0.1, 0.15) is 21.5 Å². The lowest BCUT2D eigenvalue weighted by Gasteiger charge is -2.16. The second-order valence-corrected chi connectivity index (χ2v) is 6.84. The van der Waals surface area contributed by atoms with Gasteiger partial charge in [0.2, 0.25) is 0 Å². The van der Waals surface area contributed by atoms with Crippen molar-refractivity contribution in [2.45, 2.75) is 0 Å². The monoisotopic (exact) mass is 375 g/mol. The molecule has 2 N–H and O–H groups in total. The minimum Gasteiger partial charge on any atom is -0.398 e. The van der Waals surface area contributed by atoms with Gasteiger partial charge in [0.15, 0.2) is 0 Å². The van der Waals surface area contributed by atoms with E-state index in [1.807, 2.05) is 66.7 Å². The third-order valence-corrected chi connectivity index (χ3v) is 4.92. The van der Waals surface area contributed by atoms with E-state index in [1.165, 1.54) is 0 Å². The quantitative estimate of drug-likeness (QED) is 0.243. The number of aldehydes is 1. The zero-order valence-corrected chi connectivity index (χ0v) is 16.0. The first-order chi connectivity index (χ1) is 14.3. The molecule has 0 aliphatic rings. The van der Waals surface area contributed by atoms with Gasteiger partial charge in [-0.25, -0.2) is 0 Å². The number of rotatable bonds is 5. The smallest absolute Gasteiger partial charge is 0.150 e. The van der Waals surface area contributed by atoms with Crippen LogP contribution in [0.15, 0.2) is 97.1 Å². The maximum absolute atomic E-state index is 10.9. The van der Waals surface area contributed by atoms with Gasteiger partial charge in [-0.3, -0.25) is 4.79 Å². The predicted molar refractivity (Wildman–Crippen MR) is 122 cm³/mol. The molecule has 0 aromatic heterocycles. The molecule has 4 aromatic carbocycles. The average molecular weight is 375 g/mol. The molecule has 0 amide bonds. The molecule has 0 fully saturated rings. The molecule has 0 aliphatic carbocycles. The second-order valence-electron chi connectivity index (χ2n) is 6.84. The van der Waals surface area contributed by atoms with Crippen LogP contribution in [0.2, 0.25) is 0 Å². The highest BCUT2D eigenvalue weighted by atomic mass is 16.1. The van der Waals surface area contributed by atoms with Crippen LogP contribution in [0.4, 0.5) is 5.69 Å². The number of nitrogens with two attached hydrogens (primary N) is 1. The Morgan fingerprint density at radius 3 is 1.69 bits per heavy atom. The number of carbonyl (C=O) groups excluding carboxylic acids is 1. The minimum absolute atomic E-state index is 0.672. The summed E-state index contributed by atoms with van der Waals surface area (Å²) in [6, 6.07) is 32.1. The van der Waals surface area contributed by atoms with Crippen molar-refractivity contribution in [3.63, 3.8) is 0 Å². The highest BCUT2D eigenvalue weighted by molar-refractivity contribution is 5.96. The van der Waals surface area contributed by atoms with Gasteiger partial charge in [0.1, 0.15) is 6.29 Å². The molecule has 0 aliphatic heterocycles. The van der Waals surface area contributed by atoms with Gasteiger partial charge in [-0.15, -0.1) is 0 Å². The molecule has 0 bridgehead atoms. The zero-order valence-electron chi connectivity index (χ0n) is 16.0. The number of hydrogen-bond donors (Lipinski definition) is 1. The first kappa shape index (κ1) is 18.5. The van der Waals surface area contributed by atoms with Crippen LogP contribution in [0.5, 0.6) is 0 Å². The van der Waals surface area contributed by atoms with Crippen molar-refractivity contribution < 1.29 is 4.79 Å². The molecule has 0 unspecified atom stereocenters. The van der Waals surface area contributed by atoms with Crippen LogP contribution in [0.25, 0.3) is 34.4 Å². The maximum Gasteiger partial charge on any atom is 0.150 e. The van der Waals surface area contributed by atoms with E-state index in [9.17, 15) is 4.79 Å². The first-order valence-electron chi connectivity index (χ1n) is 9.53. The molecular weight excluding hydrogens is 354 g/mol. The fraction of sp³-hybridized carbons (Fsp3) is 0. The van der Waals surface area contributed by atoms with E-state index in [4.69, 9.17) is 5.73 Å². The van der Waals surface area contributed by atoms with Crippen molar-refractivity contribution in [1.29, 1.82) is 0 Å². The summed E-state index contributed by atoms with van der Waals surface area (Å²) in [5.41, 5.74) is 14.3. The van der Waals surface area contributed by atoms with Crippen LogP contribution in [-0.4, -0.2) is 6.29 Å². The minimum atomic E-state index is 0.672. The van der Waals surface area contributed by atoms with Gasteiger partial charge in [-0.2, -0.15) is 0 Å². The molecule has 0 radical (unpaired) electrons. The Morgan fingerprint density at radius 2 is 1.10 bits per heavy atom. The van der Waals surface area contributed by atoms with Gasteiger partial charge in [0.25, 0.3) is 0 Å². The van der Waals surface area contributed by atoms with Crippen LogP contribution >= 0.6 is 0 Å². The highest BCUT2D eigenvalue weighted by Crippen LogP contribution is 2.39. The third-order valence-electron chi connectivity index (χ3n) is 4.92. The molecule has 0 atom stereocenters. The van der Waals surface area contributed by atoms with Crippen LogP contribution in [0, 0.1) is 0 Å². The summed E-state index contributed by atoms with van der Waals surface area (Å²) in [5, 5.41) is 0. The fourth-order valence-corrected chi connectivity index (χ4v) is 3.48. The normalized spacial score (nSPS) is 10.9. The molecule has 4 rings (SSSR count). The number of nitrogen functional groups attached to an aromatic ring is 1. The predicted octanol–water partition coefficient (Wildman–Crippen LogP) is 6.59. The van der Waals surface area contributed by atoms with Crippen LogP contribution in [-0.2, 0) is 0 Å². The zero-order chi connectivity index (χ0) is 20.1. The molecule has 2 nitrogen and oxygen atoms in total. The summed E-state index contributed by atoms with van der Waals surface area (Å²) < 4.78 is 0. The SMILES string of the molecule is Nc1ccc(C=Cc2ccc(C=O)cc2)c(-c2ccccc2)c1-c1ccccc1. The molecule has 4 aromatic rings. The molecule has 140 valence electrons. The van der Waals surface area contributed by atoms with Crippen molar-refractivity contribution in [3.05, 3.63) is 114 Å². The van der Waals surface area contributed by atoms with Crippen molar-refractivity contribution in [2.24, 2.45) is 0 Å². The molecule has 0 saturated carbocycles. The van der Waals surface area contributed by atoms with Gasteiger partial charge >= 0.3 is 0 Å². The van der Waals surface area contributed by atoms with Gasteiger partial charge in [0, 0.05) is 16.8 Å². The molecule has 0 heterocycles. The number of hydrogen-bond acceptors (Lipinski definition) is 2. The third kappa shape index (κ3) is 4.02. The van der Waals surface area contributed by atoms with Crippen LogP contribution < -0.4 is 5.73 Å². The topological polar surface area (TPSA) is 43.1 Å². The summed E-state index contributed by atoms with van der Waals surface area (Å²) >= 11 is 0. The first-order valence-corrected chi connectivity index (χ1v) is 9.53. The second kappa shape index (κ2) is 8.41. The standard InChI is InChI=1S/C27H21NO/c28-25-18-17-24(16-15-20-11-13-21(19-29)14-12-20)26(22-7-3-1-4-8-22)27(25)23-9-5-2-6-10-23/h1-19H,28H2. The Labute approximate surface area is 171 Å². The Balaban J connectivity index is 1.87. The maximum atomic E-state index is 10.9. The van der Waals surface area contributed by atoms with E-state index in [2.05, 4.69) is 42.5 Å². The largest absolute Gasteiger partial charge is 0.398 e. The Bertz CT molecular complexity index is 1140. The molecule has 2 heteroatoms. The lowest BCUT2D eigenvalue weighted by atomic mass is 9.89. The number of anilines is 1. The summed E-state index contributed by atoms with van der Waals surface area (Å²) in [7, 11) is 0. The van der Waals surface area contributed by atoms with E-state index in [0.717, 1.165) is 45.4 Å². The van der Waals surface area contributed by atoms with Crippen molar-refractivity contribution in [2.75, 3.05) is 5.73 Å². The van der Waals surface area contributed by atoms with Crippen LogP contribution in [0.3, 0.4) is 0 Å². The molecule has 0 spiro atoms. The van der Waals surface area contributed by atoms with E-state index < -0.39 is 0 Å². The van der Waals surface area contributed by atoms with Crippen molar-refractivity contribution >= 4 is 24.1 Å². The summed E-state index contributed by atoms with van der Waals surface area (Å²) in [6.45, 7) is 0. The average Bonchev–Trinajstić information content (AvgIpc) is 2.79. The summed E-state index contributed by atoms with van der Waals surface area (Å²) in [5.74, 6) is 0. The molecule has 29 heavy (non-hydrogen) atoms. The van der Waals surface area contributed by atoms with E-state index in [-0.39, 0.29) is 0 Å². The van der Waals surface area contributed by atoms with Crippen molar-refractivity contribution in [3.8, 4) is 22.3 Å². The van der Waals surface area contributed by atoms with Gasteiger partial charge in [0.05, 0.1) is 0 Å². The Hall–Kier alpha value is -3.91. The number of benzene rings is 4. The van der Waals surface area contributed by atoms with Gasteiger partial charge in [-0.05, 0) is 33.9 Å². The highest BCUT2D eigenvalue weighted by Gasteiger charge is 2.14. The van der Waals surface area contributed by atoms with E-state index >= 15 is 0 Å². The Kier molecular flexibility index (Phi) is 5.35. The lowest BCUT2D eigenvalue weighted by Crippen LogP contribution is -1.96. The summed E-state index contributed by atoms with van der Waals surface area (Å²) in [6.07, 6.45) is 5.01. The van der Waals surface area contributed by atoms with E-state index in [1.54, 1.807) is 0 Å². The van der Waals surface area contributed by atoms with Gasteiger partial charge < -0.3 is 5.73 Å². The number of carbonyl (C=O) groups is 1. The fourth-order valence-electron chi connectivity index (χ4n) is 3.48. The molecular formula is C27H21NO. The van der Waals surface area contributed by atoms with Gasteiger partial charge in [-0.1, -0.05) is 103 Å². The van der Waals surface area contributed by atoms with Crippen molar-refractivity contribution in [1.82, 2.24) is 0 Å². The molecule has 0 saturated heterocycles. The lowest BCUT2D eigenvalue weighted by molar-refractivity contribution is 0.112. The van der Waals surface area contributed by atoms with E-state index in [0.29, 0.717) is 5.56 Å². The summed E-state index contributed by atoms with van der Waals surface area (Å²) in [4.78, 5) is 10.9.